The fourth-order valence-corrected chi connectivity index (χ4v) is 2.35. The van der Waals surface area contributed by atoms with Crippen molar-refractivity contribution in [3.05, 3.63) is 59.2 Å². The van der Waals surface area contributed by atoms with E-state index in [-0.39, 0.29) is 22.6 Å². The Kier molecular flexibility index (Phi) is 5.04. The van der Waals surface area contributed by atoms with Crippen molar-refractivity contribution < 1.29 is 18.0 Å². The molecule has 0 spiro atoms. The third-order valence-electron chi connectivity index (χ3n) is 3.41. The van der Waals surface area contributed by atoms with Crippen LogP contribution in [0.2, 0.25) is 5.28 Å². The predicted octanol–water partition coefficient (Wildman–Crippen LogP) is 2.62. The molecule has 0 bridgehead atoms. The van der Waals surface area contributed by atoms with Gasteiger partial charge in [-0.25, -0.2) is 9.97 Å². The molecule has 27 heavy (non-hydrogen) atoms. The van der Waals surface area contributed by atoms with E-state index in [4.69, 9.17) is 11.6 Å². The Labute approximate surface area is 155 Å². The number of hydrogen-bond acceptors (Lipinski definition) is 6. The lowest BCUT2D eigenvalue weighted by molar-refractivity contribution is -0.137. The average molecular weight is 398 g/mol. The lowest BCUT2D eigenvalue weighted by Crippen LogP contribution is -2.29. The third kappa shape index (κ3) is 4.19. The van der Waals surface area contributed by atoms with Gasteiger partial charge >= 0.3 is 6.18 Å². The number of nitrogens with one attached hydrogen (secondary N) is 1. The van der Waals surface area contributed by atoms with Gasteiger partial charge < -0.3 is 5.32 Å². The van der Waals surface area contributed by atoms with Crippen molar-refractivity contribution in [2.45, 2.75) is 19.1 Å². The molecule has 8 nitrogen and oxygen atoms in total. The fourth-order valence-electron chi connectivity index (χ4n) is 2.19. The highest BCUT2D eigenvalue weighted by Gasteiger charge is 2.31. The van der Waals surface area contributed by atoms with Crippen LogP contribution < -0.4 is 5.32 Å². The third-order valence-corrected chi connectivity index (χ3v) is 3.57. The highest BCUT2D eigenvalue weighted by molar-refractivity contribution is 6.28. The molecule has 3 aromatic rings. The van der Waals surface area contributed by atoms with Crippen LogP contribution in [0.1, 0.15) is 34.7 Å². The van der Waals surface area contributed by atoms with Crippen LogP contribution in [-0.2, 0) is 6.18 Å². The standard InChI is InChI=1S/C15H11ClF3N7O/c1-8(11-24-13(16)25-26(11)14-21-3-2-4-22-14)23-12(27)9-5-10(7-20-6-9)15(17,18)19/h2-8H,1H3,(H,23,27). The Balaban J connectivity index is 1.84. The fraction of sp³-hybridized carbons (Fsp3) is 0.200. The van der Waals surface area contributed by atoms with Crippen LogP contribution in [0.15, 0.2) is 36.9 Å². The minimum Gasteiger partial charge on any atom is -0.342 e. The summed E-state index contributed by atoms with van der Waals surface area (Å²) in [5.74, 6) is -0.381. The first-order valence-corrected chi connectivity index (χ1v) is 7.86. The maximum absolute atomic E-state index is 12.8. The molecule has 0 saturated carbocycles. The smallest absolute Gasteiger partial charge is 0.342 e. The number of aromatic nitrogens is 6. The van der Waals surface area contributed by atoms with Crippen molar-refractivity contribution in [2.24, 2.45) is 0 Å². The Hall–Kier alpha value is -3.08. The highest BCUT2D eigenvalue weighted by Crippen LogP contribution is 2.29. The van der Waals surface area contributed by atoms with Crippen molar-refractivity contribution in [2.75, 3.05) is 0 Å². The van der Waals surface area contributed by atoms with Crippen molar-refractivity contribution >= 4 is 17.5 Å². The number of rotatable bonds is 4. The summed E-state index contributed by atoms with van der Waals surface area (Å²) < 4.78 is 39.6. The monoisotopic (exact) mass is 397 g/mol. The Bertz CT molecular complexity index is 962. The number of carbonyl (C=O) groups is 1. The normalized spacial score (nSPS) is 12.6. The van der Waals surface area contributed by atoms with E-state index in [1.165, 1.54) is 17.1 Å². The van der Waals surface area contributed by atoms with Gasteiger partial charge in [-0.1, -0.05) is 0 Å². The minimum absolute atomic E-state index is 0.0979. The minimum atomic E-state index is -4.60. The zero-order valence-corrected chi connectivity index (χ0v) is 14.4. The molecule has 1 unspecified atom stereocenters. The van der Waals surface area contributed by atoms with E-state index in [0.717, 1.165) is 6.20 Å². The number of carbonyl (C=O) groups excluding carboxylic acids is 1. The second kappa shape index (κ2) is 7.27. The van der Waals surface area contributed by atoms with Crippen molar-refractivity contribution in [3.63, 3.8) is 0 Å². The topological polar surface area (TPSA) is 98.5 Å². The molecule has 0 fully saturated rings. The molecular weight excluding hydrogens is 387 g/mol. The quantitative estimate of drug-likeness (QED) is 0.726. The molecular formula is C15H11ClF3N7O. The first-order valence-electron chi connectivity index (χ1n) is 7.48. The van der Waals surface area contributed by atoms with E-state index in [1.807, 2.05) is 0 Å². The largest absolute Gasteiger partial charge is 0.417 e. The summed E-state index contributed by atoms with van der Waals surface area (Å²) >= 11 is 5.84. The maximum atomic E-state index is 12.8. The predicted molar refractivity (Wildman–Crippen MR) is 87.1 cm³/mol. The van der Waals surface area contributed by atoms with Crippen LogP contribution in [0.4, 0.5) is 13.2 Å². The summed E-state index contributed by atoms with van der Waals surface area (Å²) in [6, 6.07) is 1.57. The molecule has 0 aliphatic rings. The first-order chi connectivity index (χ1) is 12.8. The zero-order valence-electron chi connectivity index (χ0n) is 13.6. The number of halogens is 4. The Morgan fingerprint density at radius 3 is 2.63 bits per heavy atom. The number of nitrogens with zero attached hydrogens (tertiary/aromatic N) is 6. The van der Waals surface area contributed by atoms with Gasteiger partial charge in [0.2, 0.25) is 5.28 Å². The van der Waals surface area contributed by atoms with Crippen molar-refractivity contribution in [1.82, 2.24) is 35.0 Å². The summed E-state index contributed by atoms with van der Waals surface area (Å²) in [4.78, 5) is 27.9. The second-order valence-electron chi connectivity index (χ2n) is 5.35. The van der Waals surface area contributed by atoms with E-state index in [0.29, 0.717) is 12.3 Å². The van der Waals surface area contributed by atoms with Crippen molar-refractivity contribution in [1.29, 1.82) is 0 Å². The lowest BCUT2D eigenvalue weighted by Gasteiger charge is -2.14. The number of hydrogen-bond donors (Lipinski definition) is 1. The van der Waals surface area contributed by atoms with Gasteiger partial charge in [0.25, 0.3) is 11.9 Å². The molecule has 0 aliphatic heterocycles. The SMILES string of the molecule is CC(NC(=O)c1cncc(C(F)(F)F)c1)c1nc(Cl)nn1-c1ncccn1. The van der Waals surface area contributed by atoms with E-state index in [9.17, 15) is 18.0 Å². The average Bonchev–Trinajstić information content (AvgIpc) is 3.04. The summed E-state index contributed by atoms with van der Waals surface area (Å²) in [5, 5.41) is 6.39. The van der Waals surface area contributed by atoms with E-state index >= 15 is 0 Å². The summed E-state index contributed by atoms with van der Waals surface area (Å²) in [6.45, 7) is 1.57. The van der Waals surface area contributed by atoms with E-state index in [1.54, 1.807) is 13.0 Å². The van der Waals surface area contributed by atoms with Crippen LogP contribution in [0, 0.1) is 0 Å². The van der Waals surface area contributed by atoms with Crippen LogP contribution in [0.3, 0.4) is 0 Å². The van der Waals surface area contributed by atoms with Gasteiger partial charge in [-0.3, -0.25) is 9.78 Å². The molecule has 1 atom stereocenters. The van der Waals surface area contributed by atoms with Gasteiger partial charge in [-0.2, -0.15) is 22.8 Å². The summed E-state index contributed by atoms with van der Waals surface area (Å²) in [5.41, 5.74) is -1.27. The van der Waals surface area contributed by atoms with Gasteiger partial charge in [-0.05, 0) is 30.7 Å². The number of alkyl halides is 3. The van der Waals surface area contributed by atoms with Gasteiger partial charge in [0.05, 0.1) is 17.2 Å². The highest BCUT2D eigenvalue weighted by atomic mass is 35.5. The summed E-state index contributed by atoms with van der Waals surface area (Å²) in [7, 11) is 0. The van der Waals surface area contributed by atoms with E-state index < -0.39 is 23.7 Å². The molecule has 3 aromatic heterocycles. The molecule has 0 saturated heterocycles. The number of amides is 1. The van der Waals surface area contributed by atoms with Gasteiger partial charge in [0.1, 0.15) is 0 Å². The van der Waals surface area contributed by atoms with Crippen LogP contribution in [0.5, 0.6) is 0 Å². The summed E-state index contributed by atoms with van der Waals surface area (Å²) in [6.07, 6.45) is 0.0460. The molecule has 12 heteroatoms. The Morgan fingerprint density at radius 1 is 1.26 bits per heavy atom. The van der Waals surface area contributed by atoms with E-state index in [2.05, 4.69) is 30.4 Å². The molecule has 140 valence electrons. The maximum Gasteiger partial charge on any atom is 0.417 e. The second-order valence-corrected chi connectivity index (χ2v) is 5.69. The lowest BCUT2D eigenvalue weighted by atomic mass is 10.2. The Morgan fingerprint density at radius 2 is 1.96 bits per heavy atom. The van der Waals surface area contributed by atoms with Gasteiger partial charge in [0.15, 0.2) is 5.82 Å². The molecule has 1 amide bonds. The van der Waals surface area contributed by atoms with Gasteiger partial charge in [-0.15, -0.1) is 5.10 Å². The molecule has 0 aromatic carbocycles. The van der Waals surface area contributed by atoms with Crippen LogP contribution in [0.25, 0.3) is 5.95 Å². The first kappa shape index (κ1) is 18.7. The van der Waals surface area contributed by atoms with Crippen molar-refractivity contribution in [3.8, 4) is 5.95 Å². The molecule has 3 rings (SSSR count). The number of pyridine rings is 1. The molecule has 0 radical (unpaired) electrons. The van der Waals surface area contributed by atoms with Crippen LogP contribution >= 0.6 is 11.6 Å². The molecule has 0 aliphatic carbocycles. The van der Waals surface area contributed by atoms with Gasteiger partial charge in [0, 0.05) is 24.8 Å². The zero-order chi connectivity index (χ0) is 19.6. The molecule has 3 heterocycles. The van der Waals surface area contributed by atoms with Crippen LogP contribution in [-0.4, -0.2) is 35.6 Å². The molecule has 1 N–H and O–H groups in total.